The molecule has 0 aromatic heterocycles. The Morgan fingerprint density at radius 2 is 0.479 bits per heavy atom. The van der Waals surface area contributed by atoms with Crippen LogP contribution in [0.1, 0.15) is 407 Å². The van der Waals surface area contributed by atoms with E-state index >= 15 is 0 Å². The molecule has 0 aliphatic heterocycles. The number of rotatable bonds is 77. The smallest absolute Gasteiger partial charge is 0.462 e. The number of carbonyl (C=O) groups excluding carboxylic acids is 4. The summed E-state index contributed by atoms with van der Waals surface area (Å²) in [5.41, 5.74) is 0. The van der Waals surface area contributed by atoms with Crippen LogP contribution in [0, 0.1) is 5.92 Å². The minimum absolute atomic E-state index is 0.108. The third-order valence-corrected chi connectivity index (χ3v) is 19.9. The van der Waals surface area contributed by atoms with Crippen molar-refractivity contribution in [3.63, 3.8) is 0 Å². The van der Waals surface area contributed by atoms with E-state index in [4.69, 9.17) is 37.0 Å². The van der Waals surface area contributed by atoms with Gasteiger partial charge in [0.15, 0.2) is 12.2 Å². The standard InChI is InChI=1S/C77H150O17P2/c1-6-9-12-15-18-21-23-25-26-30-33-37-41-46-51-56-61-75(80)88-67-73(94-77(82)63-58-53-48-43-38-34-31-28-27-29-32-35-40-44-49-54-59-70(4)5)69-92-96(85,86)90-65-71(78)64-89-95(83,84)91-68-72(66-87-74(79)60-55-50-45-39-20-17-14-11-8-3)93-76(81)62-57-52-47-42-36-24-22-19-16-13-10-7-2/h70-73,78H,6-69H2,1-5H3,(H,83,84)(H,85,86)/t71-,72+,73+/m0/s1. The lowest BCUT2D eigenvalue weighted by molar-refractivity contribution is -0.161. The molecule has 96 heavy (non-hydrogen) atoms. The van der Waals surface area contributed by atoms with E-state index in [0.717, 1.165) is 95.8 Å². The first-order valence-electron chi connectivity index (χ1n) is 40.1. The molecule has 0 saturated heterocycles. The molecule has 0 aromatic carbocycles. The molecule has 0 aliphatic rings. The van der Waals surface area contributed by atoms with E-state index in [-0.39, 0.29) is 25.7 Å². The number of phosphoric acid groups is 2. The topological polar surface area (TPSA) is 237 Å². The van der Waals surface area contributed by atoms with Gasteiger partial charge in [-0.3, -0.25) is 37.3 Å². The van der Waals surface area contributed by atoms with Gasteiger partial charge in [0.05, 0.1) is 26.4 Å². The Morgan fingerprint density at radius 3 is 0.708 bits per heavy atom. The molecule has 0 rings (SSSR count). The molecule has 0 saturated carbocycles. The van der Waals surface area contributed by atoms with Crippen LogP contribution < -0.4 is 0 Å². The first-order chi connectivity index (χ1) is 46.5. The molecule has 0 spiro atoms. The molecule has 0 heterocycles. The molecule has 5 atom stereocenters. The second-order valence-electron chi connectivity index (χ2n) is 28.2. The van der Waals surface area contributed by atoms with Gasteiger partial charge in [-0.05, 0) is 31.6 Å². The van der Waals surface area contributed by atoms with Crippen molar-refractivity contribution in [1.82, 2.24) is 0 Å². The van der Waals surface area contributed by atoms with E-state index in [9.17, 15) is 43.2 Å². The first-order valence-corrected chi connectivity index (χ1v) is 43.1. The number of aliphatic hydroxyl groups is 1. The van der Waals surface area contributed by atoms with Gasteiger partial charge in [0.25, 0.3) is 0 Å². The number of phosphoric ester groups is 2. The van der Waals surface area contributed by atoms with E-state index in [0.29, 0.717) is 25.7 Å². The summed E-state index contributed by atoms with van der Waals surface area (Å²) in [5, 5.41) is 10.6. The second-order valence-corrected chi connectivity index (χ2v) is 31.1. The average Bonchev–Trinajstić information content (AvgIpc) is 1.32. The van der Waals surface area contributed by atoms with Crippen molar-refractivity contribution in [2.45, 2.75) is 425 Å². The highest BCUT2D eigenvalue weighted by Crippen LogP contribution is 2.45. The Hall–Kier alpha value is -1.94. The zero-order valence-corrected chi connectivity index (χ0v) is 64.3. The molecule has 0 amide bonds. The molecule has 3 N–H and O–H groups in total. The lowest BCUT2D eigenvalue weighted by Gasteiger charge is -2.21. The summed E-state index contributed by atoms with van der Waals surface area (Å²) in [6.07, 6.45) is 59.6. The summed E-state index contributed by atoms with van der Waals surface area (Å²) in [4.78, 5) is 72.8. The van der Waals surface area contributed by atoms with Crippen molar-refractivity contribution in [3.8, 4) is 0 Å². The largest absolute Gasteiger partial charge is 0.472 e. The number of hydrogen-bond acceptors (Lipinski definition) is 15. The van der Waals surface area contributed by atoms with Crippen LogP contribution in [-0.2, 0) is 65.4 Å². The summed E-state index contributed by atoms with van der Waals surface area (Å²) in [6.45, 7) is 7.32. The van der Waals surface area contributed by atoms with Gasteiger partial charge in [0.2, 0.25) is 0 Å². The van der Waals surface area contributed by atoms with Crippen LogP contribution in [0.2, 0.25) is 0 Å². The Kier molecular flexibility index (Phi) is 68.7. The van der Waals surface area contributed by atoms with Crippen molar-refractivity contribution in [3.05, 3.63) is 0 Å². The third-order valence-electron chi connectivity index (χ3n) is 18.0. The maximum atomic E-state index is 13.1. The van der Waals surface area contributed by atoms with E-state index in [1.54, 1.807) is 0 Å². The summed E-state index contributed by atoms with van der Waals surface area (Å²) in [7, 11) is -9.91. The minimum Gasteiger partial charge on any atom is -0.462 e. The van der Waals surface area contributed by atoms with Crippen LogP contribution in [0.3, 0.4) is 0 Å². The van der Waals surface area contributed by atoms with Crippen LogP contribution in [0.4, 0.5) is 0 Å². The fraction of sp³-hybridized carbons (Fsp3) is 0.948. The quantitative estimate of drug-likeness (QED) is 0.0222. The van der Waals surface area contributed by atoms with E-state index < -0.39 is 97.5 Å². The predicted octanol–water partition coefficient (Wildman–Crippen LogP) is 22.9. The van der Waals surface area contributed by atoms with Gasteiger partial charge in [0, 0.05) is 25.7 Å². The Bertz CT molecular complexity index is 1840. The first kappa shape index (κ1) is 94.1. The Labute approximate surface area is 588 Å². The van der Waals surface area contributed by atoms with Gasteiger partial charge in [-0.15, -0.1) is 0 Å². The minimum atomic E-state index is -4.96. The van der Waals surface area contributed by atoms with Crippen molar-refractivity contribution in [2.75, 3.05) is 39.6 Å². The number of esters is 4. The van der Waals surface area contributed by atoms with Crippen molar-refractivity contribution < 1.29 is 80.2 Å². The van der Waals surface area contributed by atoms with E-state index in [2.05, 4.69) is 34.6 Å². The van der Waals surface area contributed by atoms with Crippen molar-refractivity contribution in [1.29, 1.82) is 0 Å². The molecule has 19 heteroatoms. The summed E-state index contributed by atoms with van der Waals surface area (Å²) in [5.74, 6) is -1.30. The van der Waals surface area contributed by atoms with Gasteiger partial charge < -0.3 is 33.8 Å². The Morgan fingerprint density at radius 1 is 0.281 bits per heavy atom. The normalized spacial score (nSPS) is 13.9. The van der Waals surface area contributed by atoms with Crippen LogP contribution in [0.25, 0.3) is 0 Å². The molecule has 0 fully saturated rings. The molecule has 0 radical (unpaired) electrons. The summed E-state index contributed by atoms with van der Waals surface area (Å²) in [6, 6.07) is 0. The van der Waals surface area contributed by atoms with E-state index in [1.165, 1.54) is 231 Å². The molecule has 17 nitrogen and oxygen atoms in total. The zero-order valence-electron chi connectivity index (χ0n) is 62.5. The van der Waals surface area contributed by atoms with Crippen LogP contribution >= 0.6 is 15.6 Å². The monoisotopic (exact) mass is 1410 g/mol. The second kappa shape index (κ2) is 70.1. The van der Waals surface area contributed by atoms with E-state index in [1.807, 2.05) is 0 Å². The number of unbranched alkanes of at least 4 members (excludes halogenated alkanes) is 49. The lowest BCUT2D eigenvalue weighted by atomic mass is 10.0. The summed E-state index contributed by atoms with van der Waals surface area (Å²) >= 11 is 0. The SMILES string of the molecule is CCCCCCCCCCCCCCCCCCC(=O)OC[C@H](COP(=O)(O)OC[C@@H](O)COP(=O)(O)OC[C@@H](COC(=O)CCCCCCCCCCC)OC(=O)CCCCCCCCCCCCCC)OC(=O)CCCCCCCCCCCCCCCCCCC(C)C. The molecule has 0 aliphatic carbocycles. The number of ether oxygens (including phenoxy) is 4. The maximum Gasteiger partial charge on any atom is 0.472 e. The molecule has 2 unspecified atom stereocenters. The van der Waals surface area contributed by atoms with Crippen LogP contribution in [0.15, 0.2) is 0 Å². The zero-order chi connectivity index (χ0) is 70.5. The van der Waals surface area contributed by atoms with Gasteiger partial charge >= 0.3 is 39.5 Å². The third kappa shape index (κ3) is 70.5. The van der Waals surface area contributed by atoms with Crippen molar-refractivity contribution >= 4 is 39.5 Å². The lowest BCUT2D eigenvalue weighted by Crippen LogP contribution is -2.30. The average molecular weight is 1410 g/mol. The molecule has 0 aromatic rings. The van der Waals surface area contributed by atoms with Gasteiger partial charge in [-0.25, -0.2) is 9.13 Å². The number of aliphatic hydroxyl groups excluding tert-OH is 1. The molecule has 0 bridgehead atoms. The van der Waals surface area contributed by atoms with Crippen molar-refractivity contribution in [2.24, 2.45) is 5.92 Å². The Balaban J connectivity index is 5.21. The molecule has 570 valence electrons. The fourth-order valence-corrected chi connectivity index (χ4v) is 13.5. The summed E-state index contributed by atoms with van der Waals surface area (Å²) < 4.78 is 68.5. The predicted molar refractivity (Wildman–Crippen MR) is 391 cm³/mol. The van der Waals surface area contributed by atoms with Gasteiger partial charge in [-0.2, -0.15) is 0 Å². The van der Waals surface area contributed by atoms with Gasteiger partial charge in [-0.1, -0.05) is 356 Å². The highest BCUT2D eigenvalue weighted by Gasteiger charge is 2.30. The maximum absolute atomic E-state index is 13.1. The van der Waals surface area contributed by atoms with Gasteiger partial charge in [0.1, 0.15) is 19.3 Å². The number of carbonyl (C=O) groups is 4. The number of hydrogen-bond donors (Lipinski definition) is 3. The highest BCUT2D eigenvalue weighted by atomic mass is 31.2. The fourth-order valence-electron chi connectivity index (χ4n) is 11.9. The van der Waals surface area contributed by atoms with Crippen LogP contribution in [0.5, 0.6) is 0 Å². The highest BCUT2D eigenvalue weighted by molar-refractivity contribution is 7.47. The van der Waals surface area contributed by atoms with Crippen LogP contribution in [-0.4, -0.2) is 96.7 Å². The molecular weight excluding hydrogens is 1260 g/mol. The molecular formula is C77H150O17P2.